The van der Waals surface area contributed by atoms with Crippen LogP contribution in [0.2, 0.25) is 0 Å². The number of alkyl halides is 3. The van der Waals surface area contributed by atoms with E-state index in [0.717, 1.165) is 47.8 Å². The minimum absolute atomic E-state index is 0.000894. The van der Waals surface area contributed by atoms with Gasteiger partial charge in [-0.1, -0.05) is 35.5 Å². The molecular formula is C24H27F3N6O. The summed E-state index contributed by atoms with van der Waals surface area (Å²) >= 11 is 0. The summed E-state index contributed by atoms with van der Waals surface area (Å²) in [7, 11) is 0. The van der Waals surface area contributed by atoms with Crippen molar-refractivity contribution in [2.75, 3.05) is 23.3 Å². The number of piperidine rings is 1. The Kier molecular flexibility index (Phi) is 5.07. The van der Waals surface area contributed by atoms with Crippen LogP contribution in [0, 0.1) is 18.8 Å². The molecule has 5 atom stereocenters. The Morgan fingerprint density at radius 3 is 2.41 bits per heavy atom. The Bertz CT molecular complexity index is 1150. The number of benzene rings is 1. The normalized spacial score (nSPS) is 28.7. The first-order valence-electron chi connectivity index (χ1n) is 11.9. The van der Waals surface area contributed by atoms with Crippen LogP contribution < -0.4 is 10.2 Å². The largest absolute Gasteiger partial charge is 0.410 e. The molecule has 1 aliphatic carbocycles. The fourth-order valence-corrected chi connectivity index (χ4v) is 6.03. The van der Waals surface area contributed by atoms with Gasteiger partial charge in [-0.15, -0.1) is 5.10 Å². The molecule has 2 bridgehead atoms. The number of aromatic nitrogens is 4. The van der Waals surface area contributed by atoms with E-state index in [1.807, 2.05) is 43.3 Å². The van der Waals surface area contributed by atoms with Crippen LogP contribution >= 0.6 is 0 Å². The molecule has 3 aromatic rings. The minimum Gasteiger partial charge on any atom is -0.350 e. The van der Waals surface area contributed by atoms with Gasteiger partial charge in [0.1, 0.15) is 11.9 Å². The van der Waals surface area contributed by atoms with E-state index in [4.69, 9.17) is 4.52 Å². The molecule has 2 fully saturated rings. The third-order valence-corrected chi connectivity index (χ3v) is 7.63. The Balaban J connectivity index is 1.26. The van der Waals surface area contributed by atoms with Gasteiger partial charge in [0.2, 0.25) is 11.8 Å². The zero-order valence-corrected chi connectivity index (χ0v) is 18.9. The van der Waals surface area contributed by atoms with Gasteiger partial charge in [-0.3, -0.25) is 0 Å². The van der Waals surface area contributed by atoms with Crippen molar-refractivity contribution in [3.63, 3.8) is 0 Å². The average molecular weight is 473 g/mol. The first kappa shape index (κ1) is 21.5. The van der Waals surface area contributed by atoms with Crippen LogP contribution in [-0.4, -0.2) is 45.2 Å². The van der Waals surface area contributed by atoms with Crippen molar-refractivity contribution in [1.29, 1.82) is 0 Å². The molecule has 10 heteroatoms. The van der Waals surface area contributed by atoms with E-state index >= 15 is 0 Å². The maximum absolute atomic E-state index is 13.8. The molecule has 4 heterocycles. The van der Waals surface area contributed by atoms with Crippen LogP contribution in [0.15, 0.2) is 40.9 Å². The maximum Gasteiger partial charge on any atom is 0.410 e. The lowest BCUT2D eigenvalue weighted by Crippen LogP contribution is -2.48. The first-order chi connectivity index (χ1) is 16.4. The number of rotatable bonds is 4. The molecule has 1 saturated carbocycles. The van der Waals surface area contributed by atoms with Crippen molar-refractivity contribution < 1.29 is 17.7 Å². The second-order valence-corrected chi connectivity index (χ2v) is 9.82. The van der Waals surface area contributed by atoms with E-state index in [1.165, 1.54) is 0 Å². The summed E-state index contributed by atoms with van der Waals surface area (Å²) in [6.07, 6.45) is -1.86. The number of hydrogen-bond donors (Lipinski definition) is 1. The van der Waals surface area contributed by atoms with E-state index in [0.29, 0.717) is 30.0 Å². The molecule has 2 aliphatic heterocycles. The van der Waals surface area contributed by atoms with Crippen LogP contribution in [0.25, 0.3) is 0 Å². The predicted octanol–water partition coefficient (Wildman–Crippen LogP) is 4.93. The average Bonchev–Trinajstić information content (AvgIpc) is 3.48. The highest BCUT2D eigenvalue weighted by Gasteiger charge is 2.48. The van der Waals surface area contributed by atoms with Gasteiger partial charge in [-0.2, -0.15) is 18.2 Å². The van der Waals surface area contributed by atoms with Gasteiger partial charge in [0.15, 0.2) is 0 Å². The number of aryl methyl sites for hydroxylation is 1. The van der Waals surface area contributed by atoms with Crippen LogP contribution in [0.1, 0.15) is 54.7 Å². The Labute approximate surface area is 195 Å². The maximum atomic E-state index is 13.8. The molecule has 2 unspecified atom stereocenters. The van der Waals surface area contributed by atoms with E-state index in [1.54, 1.807) is 0 Å². The SMILES string of the molecule is Cc1cc(N2C[C@H]3CC[C@@H](C2)[C@@H]3Nc2nc3n(n2)C(C(F)(F)F)CCC3c2ccccc2)on1. The molecule has 1 saturated heterocycles. The van der Waals surface area contributed by atoms with E-state index < -0.39 is 12.2 Å². The molecule has 3 aliphatic rings. The summed E-state index contributed by atoms with van der Waals surface area (Å²) in [5, 5.41) is 11.8. The number of halogens is 3. The topological polar surface area (TPSA) is 72.0 Å². The fourth-order valence-electron chi connectivity index (χ4n) is 6.03. The van der Waals surface area contributed by atoms with Crippen molar-refractivity contribution in [1.82, 2.24) is 19.9 Å². The van der Waals surface area contributed by atoms with E-state index in [2.05, 4.69) is 25.5 Å². The van der Waals surface area contributed by atoms with Gasteiger partial charge in [0, 0.05) is 31.1 Å². The molecule has 1 N–H and O–H groups in total. The quantitative estimate of drug-likeness (QED) is 0.581. The lowest BCUT2D eigenvalue weighted by atomic mass is 9.88. The number of hydrogen-bond acceptors (Lipinski definition) is 6. The lowest BCUT2D eigenvalue weighted by molar-refractivity contribution is -0.175. The smallest absolute Gasteiger partial charge is 0.350 e. The van der Waals surface area contributed by atoms with Gasteiger partial charge in [0.05, 0.1) is 5.69 Å². The Hall–Kier alpha value is -3.04. The Morgan fingerprint density at radius 2 is 1.76 bits per heavy atom. The van der Waals surface area contributed by atoms with Gasteiger partial charge >= 0.3 is 6.18 Å². The third-order valence-electron chi connectivity index (χ3n) is 7.63. The molecule has 6 rings (SSSR count). The number of nitrogens with zero attached hydrogens (tertiary/aromatic N) is 5. The van der Waals surface area contributed by atoms with Crippen LogP contribution in [0.5, 0.6) is 0 Å². The third kappa shape index (κ3) is 3.73. The molecule has 180 valence electrons. The summed E-state index contributed by atoms with van der Waals surface area (Å²) < 4.78 is 48.1. The zero-order valence-electron chi connectivity index (χ0n) is 18.9. The molecule has 0 amide bonds. The highest BCUT2D eigenvalue weighted by molar-refractivity contribution is 5.40. The van der Waals surface area contributed by atoms with Crippen LogP contribution in [0.3, 0.4) is 0 Å². The summed E-state index contributed by atoms with van der Waals surface area (Å²) in [5.74, 6) is 1.96. The molecule has 34 heavy (non-hydrogen) atoms. The van der Waals surface area contributed by atoms with Crippen LogP contribution in [0.4, 0.5) is 25.0 Å². The molecule has 0 radical (unpaired) electrons. The van der Waals surface area contributed by atoms with E-state index in [9.17, 15) is 13.2 Å². The van der Waals surface area contributed by atoms with Crippen molar-refractivity contribution >= 4 is 11.8 Å². The van der Waals surface area contributed by atoms with Crippen LogP contribution in [-0.2, 0) is 0 Å². The minimum atomic E-state index is -4.36. The number of nitrogens with one attached hydrogen (secondary N) is 1. The van der Waals surface area contributed by atoms with Crippen molar-refractivity contribution in [3.8, 4) is 0 Å². The second kappa shape index (κ2) is 8.02. The molecule has 0 spiro atoms. The molecular weight excluding hydrogens is 445 g/mol. The van der Waals surface area contributed by atoms with E-state index in [-0.39, 0.29) is 18.4 Å². The van der Waals surface area contributed by atoms with Crippen molar-refractivity contribution in [3.05, 3.63) is 53.5 Å². The standard InChI is InChI=1S/C24H27F3N6O/c1-14-11-20(34-31-14)32-12-16-7-8-17(13-32)21(16)28-23-29-22-18(15-5-3-2-4-6-15)9-10-19(24(25,26)27)33(22)30-23/h2-6,11,16-19,21H,7-10,12-13H2,1H3,(H,28,30)/t16-,17+,18?,19?,21-. The fraction of sp³-hybridized carbons (Fsp3) is 0.542. The molecule has 2 aromatic heterocycles. The monoisotopic (exact) mass is 472 g/mol. The summed E-state index contributed by atoms with van der Waals surface area (Å²) in [4.78, 5) is 6.86. The predicted molar refractivity (Wildman–Crippen MR) is 120 cm³/mol. The molecule has 1 aromatic carbocycles. The Morgan fingerprint density at radius 1 is 1.03 bits per heavy atom. The van der Waals surface area contributed by atoms with Gasteiger partial charge in [0.25, 0.3) is 0 Å². The van der Waals surface area contributed by atoms with Gasteiger partial charge < -0.3 is 14.7 Å². The highest BCUT2D eigenvalue weighted by atomic mass is 19.4. The van der Waals surface area contributed by atoms with Crippen molar-refractivity contribution in [2.45, 2.75) is 56.8 Å². The van der Waals surface area contributed by atoms with Gasteiger partial charge in [-0.05, 0) is 50.0 Å². The summed E-state index contributed by atoms with van der Waals surface area (Å²) in [5.41, 5.74) is 1.82. The molecule has 7 nitrogen and oxygen atoms in total. The number of anilines is 2. The lowest BCUT2D eigenvalue weighted by Gasteiger charge is -2.37. The highest BCUT2D eigenvalue weighted by Crippen LogP contribution is 2.45. The van der Waals surface area contributed by atoms with Crippen molar-refractivity contribution in [2.24, 2.45) is 11.8 Å². The zero-order chi connectivity index (χ0) is 23.4. The van der Waals surface area contributed by atoms with Gasteiger partial charge in [-0.25, -0.2) is 4.68 Å². The second-order valence-electron chi connectivity index (χ2n) is 9.82. The first-order valence-corrected chi connectivity index (χ1v) is 11.9. The summed E-state index contributed by atoms with van der Waals surface area (Å²) in [6, 6.07) is 10.1. The summed E-state index contributed by atoms with van der Waals surface area (Å²) in [6.45, 7) is 3.53. The number of fused-ring (bicyclic) bond motifs is 3.